The Bertz CT molecular complexity index is 388. The molecule has 0 amide bonds. The third-order valence-corrected chi connectivity index (χ3v) is 4.10. The molecule has 1 aliphatic heterocycles. The van der Waals surface area contributed by atoms with E-state index in [0.717, 1.165) is 44.6 Å². The van der Waals surface area contributed by atoms with E-state index in [1.165, 1.54) is 6.07 Å². The van der Waals surface area contributed by atoms with Crippen LogP contribution in [0.5, 0.6) is 0 Å². The van der Waals surface area contributed by atoms with E-state index >= 15 is 0 Å². The molecular weight excluding hydrogens is 227 g/mol. The van der Waals surface area contributed by atoms with Crippen LogP contribution >= 0.6 is 0 Å². The van der Waals surface area contributed by atoms with Gasteiger partial charge >= 0.3 is 0 Å². The van der Waals surface area contributed by atoms with Gasteiger partial charge in [-0.25, -0.2) is 4.39 Å². The first-order valence-corrected chi connectivity index (χ1v) is 6.89. The Labute approximate surface area is 109 Å². The fraction of sp³-hybridized carbons (Fsp3) is 0.600. The van der Waals surface area contributed by atoms with Crippen molar-refractivity contribution in [3.63, 3.8) is 0 Å². The highest BCUT2D eigenvalue weighted by Crippen LogP contribution is 2.21. The van der Waals surface area contributed by atoms with E-state index in [9.17, 15) is 4.39 Å². The SMILES string of the molecule is CCC1(CC)CN(Cc2cccc(F)c2)CCN1. The molecule has 18 heavy (non-hydrogen) atoms. The molecule has 1 fully saturated rings. The summed E-state index contributed by atoms with van der Waals surface area (Å²) in [5.41, 5.74) is 1.31. The number of hydrogen-bond donors (Lipinski definition) is 1. The quantitative estimate of drug-likeness (QED) is 0.884. The smallest absolute Gasteiger partial charge is 0.123 e. The highest BCUT2D eigenvalue weighted by molar-refractivity contribution is 5.16. The topological polar surface area (TPSA) is 15.3 Å². The monoisotopic (exact) mass is 250 g/mol. The van der Waals surface area contributed by atoms with Gasteiger partial charge in [0, 0.05) is 31.7 Å². The molecule has 0 atom stereocenters. The second kappa shape index (κ2) is 5.81. The molecule has 0 radical (unpaired) electrons. The van der Waals surface area contributed by atoms with Gasteiger partial charge in [-0.15, -0.1) is 0 Å². The lowest BCUT2D eigenvalue weighted by molar-refractivity contribution is 0.118. The van der Waals surface area contributed by atoms with E-state index in [-0.39, 0.29) is 11.4 Å². The number of nitrogens with one attached hydrogen (secondary N) is 1. The molecular formula is C15H23FN2. The minimum Gasteiger partial charge on any atom is -0.309 e. The Morgan fingerprint density at radius 2 is 2.11 bits per heavy atom. The molecule has 0 spiro atoms. The van der Waals surface area contributed by atoms with E-state index in [1.54, 1.807) is 12.1 Å². The van der Waals surface area contributed by atoms with Crippen LogP contribution in [0.1, 0.15) is 32.3 Å². The third kappa shape index (κ3) is 3.09. The maximum atomic E-state index is 13.2. The normalized spacial score (nSPS) is 19.9. The molecule has 3 heteroatoms. The second-order valence-electron chi connectivity index (χ2n) is 5.25. The predicted octanol–water partition coefficient (Wildman–Crippen LogP) is 2.79. The van der Waals surface area contributed by atoms with Gasteiger partial charge in [0.2, 0.25) is 0 Å². The molecule has 2 rings (SSSR count). The summed E-state index contributed by atoms with van der Waals surface area (Å²) in [5, 5.41) is 3.64. The zero-order valence-electron chi connectivity index (χ0n) is 11.4. The van der Waals surface area contributed by atoms with Crippen LogP contribution in [-0.2, 0) is 6.54 Å². The molecule has 100 valence electrons. The van der Waals surface area contributed by atoms with Crippen LogP contribution in [0.25, 0.3) is 0 Å². The molecule has 0 bridgehead atoms. The Balaban J connectivity index is 2.01. The van der Waals surface area contributed by atoms with Crippen LogP contribution in [-0.4, -0.2) is 30.1 Å². The van der Waals surface area contributed by atoms with Crippen LogP contribution in [0, 0.1) is 5.82 Å². The lowest BCUT2D eigenvalue weighted by Crippen LogP contribution is -2.59. The van der Waals surface area contributed by atoms with Crippen molar-refractivity contribution < 1.29 is 4.39 Å². The minimum atomic E-state index is -0.139. The van der Waals surface area contributed by atoms with Crippen LogP contribution in [0.4, 0.5) is 4.39 Å². The van der Waals surface area contributed by atoms with Gasteiger partial charge in [0.15, 0.2) is 0 Å². The maximum Gasteiger partial charge on any atom is 0.123 e. The summed E-state index contributed by atoms with van der Waals surface area (Å²) in [6, 6.07) is 6.94. The molecule has 1 N–H and O–H groups in total. The van der Waals surface area contributed by atoms with Gasteiger partial charge in [-0.05, 0) is 30.5 Å². The van der Waals surface area contributed by atoms with Gasteiger partial charge in [-0.2, -0.15) is 0 Å². The average molecular weight is 250 g/mol. The zero-order valence-corrected chi connectivity index (χ0v) is 11.4. The van der Waals surface area contributed by atoms with Gasteiger partial charge in [0.1, 0.15) is 5.82 Å². The minimum absolute atomic E-state index is 0.139. The summed E-state index contributed by atoms with van der Waals surface area (Å²) in [5.74, 6) is -0.139. The number of benzene rings is 1. The molecule has 1 aromatic rings. The zero-order chi connectivity index (χ0) is 13.0. The highest BCUT2D eigenvalue weighted by atomic mass is 19.1. The van der Waals surface area contributed by atoms with Gasteiger partial charge in [-0.3, -0.25) is 4.90 Å². The second-order valence-corrected chi connectivity index (χ2v) is 5.25. The highest BCUT2D eigenvalue weighted by Gasteiger charge is 2.31. The van der Waals surface area contributed by atoms with Gasteiger partial charge < -0.3 is 5.32 Å². The summed E-state index contributed by atoms with van der Waals surface area (Å²) in [6.45, 7) is 8.44. The van der Waals surface area contributed by atoms with E-state index in [2.05, 4.69) is 24.1 Å². The van der Waals surface area contributed by atoms with Crippen LogP contribution < -0.4 is 5.32 Å². The summed E-state index contributed by atoms with van der Waals surface area (Å²) in [6.07, 6.45) is 2.28. The Morgan fingerprint density at radius 3 is 2.78 bits per heavy atom. The standard InChI is InChI=1S/C15H23FN2/c1-3-15(4-2)12-18(9-8-17-15)11-13-6-5-7-14(16)10-13/h5-7,10,17H,3-4,8-9,11-12H2,1-2H3. The van der Waals surface area contributed by atoms with Crippen molar-refractivity contribution in [2.45, 2.75) is 38.8 Å². The lowest BCUT2D eigenvalue weighted by atomic mass is 9.90. The fourth-order valence-corrected chi connectivity index (χ4v) is 2.79. The molecule has 1 heterocycles. The summed E-state index contributed by atoms with van der Waals surface area (Å²) < 4.78 is 13.2. The van der Waals surface area contributed by atoms with Gasteiger partial charge in [-0.1, -0.05) is 26.0 Å². The Morgan fingerprint density at radius 1 is 1.33 bits per heavy atom. The van der Waals surface area contributed by atoms with E-state index in [4.69, 9.17) is 0 Å². The van der Waals surface area contributed by atoms with Crippen LogP contribution in [0.2, 0.25) is 0 Å². The summed E-state index contributed by atoms with van der Waals surface area (Å²) in [4.78, 5) is 2.43. The number of nitrogens with zero attached hydrogens (tertiary/aromatic N) is 1. The average Bonchev–Trinajstić information content (AvgIpc) is 2.39. The first kappa shape index (κ1) is 13.5. The number of hydrogen-bond acceptors (Lipinski definition) is 2. The van der Waals surface area contributed by atoms with Crippen LogP contribution in [0.3, 0.4) is 0 Å². The molecule has 0 saturated carbocycles. The largest absolute Gasteiger partial charge is 0.309 e. The van der Waals surface area contributed by atoms with E-state index in [1.807, 2.05) is 6.07 Å². The fourth-order valence-electron chi connectivity index (χ4n) is 2.79. The first-order valence-electron chi connectivity index (χ1n) is 6.89. The molecule has 0 aromatic heterocycles. The van der Waals surface area contributed by atoms with Crippen molar-refractivity contribution >= 4 is 0 Å². The molecule has 1 aromatic carbocycles. The van der Waals surface area contributed by atoms with Crippen molar-refractivity contribution in [2.24, 2.45) is 0 Å². The van der Waals surface area contributed by atoms with Crippen molar-refractivity contribution in [3.8, 4) is 0 Å². The van der Waals surface area contributed by atoms with E-state index < -0.39 is 0 Å². The first-order chi connectivity index (χ1) is 8.67. The number of piperazine rings is 1. The Hall–Kier alpha value is -0.930. The Kier molecular flexibility index (Phi) is 4.36. The van der Waals surface area contributed by atoms with Crippen molar-refractivity contribution in [1.29, 1.82) is 0 Å². The predicted molar refractivity (Wildman–Crippen MR) is 73.0 cm³/mol. The third-order valence-electron chi connectivity index (χ3n) is 4.10. The summed E-state index contributed by atoms with van der Waals surface area (Å²) >= 11 is 0. The number of rotatable bonds is 4. The lowest BCUT2D eigenvalue weighted by Gasteiger charge is -2.43. The van der Waals surface area contributed by atoms with Crippen molar-refractivity contribution in [2.75, 3.05) is 19.6 Å². The van der Waals surface area contributed by atoms with Crippen molar-refractivity contribution in [3.05, 3.63) is 35.6 Å². The van der Waals surface area contributed by atoms with E-state index in [0.29, 0.717) is 0 Å². The van der Waals surface area contributed by atoms with Gasteiger partial charge in [0.05, 0.1) is 0 Å². The molecule has 1 aliphatic rings. The van der Waals surface area contributed by atoms with Crippen LogP contribution in [0.15, 0.2) is 24.3 Å². The van der Waals surface area contributed by atoms with Crippen molar-refractivity contribution in [1.82, 2.24) is 10.2 Å². The molecule has 0 aliphatic carbocycles. The van der Waals surface area contributed by atoms with Gasteiger partial charge in [0.25, 0.3) is 0 Å². The maximum absolute atomic E-state index is 13.2. The molecule has 0 unspecified atom stereocenters. The molecule has 1 saturated heterocycles. The number of halogens is 1. The summed E-state index contributed by atoms with van der Waals surface area (Å²) in [7, 11) is 0. The molecule has 2 nitrogen and oxygen atoms in total.